The van der Waals surface area contributed by atoms with E-state index in [-0.39, 0.29) is 24.5 Å². The third kappa shape index (κ3) is 4.23. The van der Waals surface area contributed by atoms with E-state index >= 15 is 0 Å². The number of hydrogen-bond donors (Lipinski definition) is 1. The molecule has 0 saturated carbocycles. The Hall–Kier alpha value is -2.01. The molecule has 0 spiro atoms. The lowest BCUT2D eigenvalue weighted by molar-refractivity contribution is 0.0447. The van der Waals surface area contributed by atoms with Gasteiger partial charge in [0.2, 0.25) is 0 Å². The second kappa shape index (κ2) is 7.13. The molecular formula is C16H15BrO4. The van der Waals surface area contributed by atoms with Crippen LogP contribution in [0.5, 0.6) is 11.5 Å². The minimum atomic E-state index is -0.581. The van der Waals surface area contributed by atoms with Gasteiger partial charge in [-0.15, -0.1) is 0 Å². The largest absolute Gasteiger partial charge is 0.507 e. The highest BCUT2D eigenvalue weighted by molar-refractivity contribution is 9.10. The third-order valence-electron chi connectivity index (χ3n) is 2.85. The van der Waals surface area contributed by atoms with E-state index in [0.29, 0.717) is 4.47 Å². The lowest BCUT2D eigenvalue weighted by Gasteiger charge is -2.10. The monoisotopic (exact) mass is 350 g/mol. The summed E-state index contributed by atoms with van der Waals surface area (Å²) in [5.74, 6) is 0.0732. The maximum Gasteiger partial charge on any atom is 0.342 e. The first-order chi connectivity index (χ1) is 10.1. The van der Waals surface area contributed by atoms with E-state index in [1.165, 1.54) is 12.1 Å². The number of rotatable bonds is 5. The van der Waals surface area contributed by atoms with E-state index in [9.17, 15) is 9.90 Å². The normalized spacial score (nSPS) is 10.2. The first-order valence-electron chi connectivity index (χ1n) is 6.42. The van der Waals surface area contributed by atoms with Crippen LogP contribution >= 0.6 is 15.9 Å². The molecule has 110 valence electrons. The van der Waals surface area contributed by atoms with E-state index in [2.05, 4.69) is 15.9 Å². The van der Waals surface area contributed by atoms with Gasteiger partial charge in [-0.25, -0.2) is 4.79 Å². The SMILES string of the molecule is Cc1ccccc1OCCOC(=O)c1cc(Br)ccc1O. The van der Waals surface area contributed by atoms with Crippen molar-refractivity contribution >= 4 is 21.9 Å². The van der Waals surface area contributed by atoms with Gasteiger partial charge in [-0.05, 0) is 36.8 Å². The van der Waals surface area contributed by atoms with Gasteiger partial charge in [0.1, 0.15) is 30.3 Å². The van der Waals surface area contributed by atoms with Crippen LogP contribution in [-0.4, -0.2) is 24.3 Å². The maximum atomic E-state index is 11.8. The molecule has 0 aliphatic rings. The molecule has 0 unspecified atom stereocenters. The second-order valence-corrected chi connectivity index (χ2v) is 5.33. The van der Waals surface area contributed by atoms with Crippen LogP contribution in [0.25, 0.3) is 0 Å². The highest BCUT2D eigenvalue weighted by atomic mass is 79.9. The van der Waals surface area contributed by atoms with Crippen molar-refractivity contribution in [1.29, 1.82) is 0 Å². The number of phenolic OH excluding ortho intramolecular Hbond substituents is 1. The number of benzene rings is 2. The van der Waals surface area contributed by atoms with Crippen molar-refractivity contribution in [2.24, 2.45) is 0 Å². The number of aryl methyl sites for hydroxylation is 1. The smallest absolute Gasteiger partial charge is 0.342 e. The molecule has 0 radical (unpaired) electrons. The van der Waals surface area contributed by atoms with Crippen LogP contribution in [0.1, 0.15) is 15.9 Å². The van der Waals surface area contributed by atoms with Gasteiger partial charge < -0.3 is 14.6 Å². The molecule has 0 aliphatic heterocycles. The van der Waals surface area contributed by atoms with Crippen molar-refractivity contribution in [3.8, 4) is 11.5 Å². The summed E-state index contributed by atoms with van der Waals surface area (Å²) in [4.78, 5) is 11.8. The molecule has 21 heavy (non-hydrogen) atoms. The number of phenols is 1. The van der Waals surface area contributed by atoms with Crippen LogP contribution in [0, 0.1) is 6.92 Å². The van der Waals surface area contributed by atoms with Crippen LogP contribution in [-0.2, 0) is 4.74 Å². The Bertz CT molecular complexity index is 640. The summed E-state index contributed by atoms with van der Waals surface area (Å²) in [7, 11) is 0. The molecule has 2 rings (SSSR count). The van der Waals surface area contributed by atoms with Gasteiger partial charge in [0.25, 0.3) is 0 Å². The number of esters is 1. The second-order valence-electron chi connectivity index (χ2n) is 4.41. The van der Waals surface area contributed by atoms with E-state index in [4.69, 9.17) is 9.47 Å². The molecule has 4 nitrogen and oxygen atoms in total. The summed E-state index contributed by atoms with van der Waals surface area (Å²) in [6.07, 6.45) is 0. The lowest BCUT2D eigenvalue weighted by atomic mass is 10.2. The molecule has 5 heteroatoms. The third-order valence-corrected chi connectivity index (χ3v) is 3.34. The summed E-state index contributed by atoms with van der Waals surface area (Å²) < 4.78 is 11.3. The molecule has 2 aromatic carbocycles. The van der Waals surface area contributed by atoms with E-state index in [1.807, 2.05) is 31.2 Å². The van der Waals surface area contributed by atoms with Crippen molar-refractivity contribution in [1.82, 2.24) is 0 Å². The molecule has 0 bridgehead atoms. The number of carbonyl (C=O) groups is 1. The summed E-state index contributed by atoms with van der Waals surface area (Å²) in [5, 5.41) is 9.62. The van der Waals surface area contributed by atoms with Crippen LogP contribution in [0.15, 0.2) is 46.9 Å². The number of hydrogen-bond acceptors (Lipinski definition) is 4. The van der Waals surface area contributed by atoms with Crippen molar-refractivity contribution in [3.63, 3.8) is 0 Å². The van der Waals surface area contributed by atoms with Gasteiger partial charge in [0.15, 0.2) is 0 Å². The molecular weight excluding hydrogens is 336 g/mol. The molecule has 0 heterocycles. The zero-order valence-corrected chi connectivity index (χ0v) is 13.1. The predicted octanol–water partition coefficient (Wildman–Crippen LogP) is 3.70. The van der Waals surface area contributed by atoms with Crippen LogP contribution in [0.2, 0.25) is 0 Å². The Kier molecular flexibility index (Phi) is 5.22. The molecule has 0 aliphatic carbocycles. The molecule has 0 aromatic heterocycles. The van der Waals surface area contributed by atoms with Gasteiger partial charge in [0, 0.05) is 4.47 Å². The molecule has 0 saturated heterocycles. The number of carbonyl (C=O) groups excluding carboxylic acids is 1. The highest BCUT2D eigenvalue weighted by Gasteiger charge is 2.13. The Morgan fingerprint density at radius 1 is 1.19 bits per heavy atom. The number of aromatic hydroxyl groups is 1. The van der Waals surface area contributed by atoms with E-state index in [1.54, 1.807) is 6.07 Å². The minimum Gasteiger partial charge on any atom is -0.507 e. The highest BCUT2D eigenvalue weighted by Crippen LogP contribution is 2.22. The van der Waals surface area contributed by atoms with Gasteiger partial charge in [-0.1, -0.05) is 34.1 Å². The molecule has 0 fully saturated rings. The summed E-state index contributed by atoms with van der Waals surface area (Å²) in [6.45, 7) is 2.31. The molecule has 1 N–H and O–H groups in total. The van der Waals surface area contributed by atoms with Crippen molar-refractivity contribution in [2.75, 3.05) is 13.2 Å². The standard InChI is InChI=1S/C16H15BrO4/c1-11-4-2-3-5-15(11)20-8-9-21-16(19)13-10-12(17)6-7-14(13)18/h2-7,10,18H,8-9H2,1H3. The van der Waals surface area contributed by atoms with Crippen molar-refractivity contribution in [3.05, 3.63) is 58.1 Å². The molecule has 0 atom stereocenters. The van der Waals surface area contributed by atoms with Crippen LogP contribution < -0.4 is 4.74 Å². The Labute approximate surface area is 131 Å². The maximum absolute atomic E-state index is 11.8. The van der Waals surface area contributed by atoms with Crippen LogP contribution in [0.4, 0.5) is 0 Å². The molecule has 2 aromatic rings. The fraction of sp³-hybridized carbons (Fsp3) is 0.188. The van der Waals surface area contributed by atoms with Gasteiger partial charge >= 0.3 is 5.97 Å². The fourth-order valence-electron chi connectivity index (χ4n) is 1.75. The Balaban J connectivity index is 1.85. The summed E-state index contributed by atoms with van der Waals surface area (Å²) in [6, 6.07) is 12.2. The average Bonchev–Trinajstić information content (AvgIpc) is 2.47. The predicted molar refractivity (Wildman–Crippen MR) is 82.8 cm³/mol. The van der Waals surface area contributed by atoms with Crippen LogP contribution in [0.3, 0.4) is 0 Å². The van der Waals surface area contributed by atoms with E-state index in [0.717, 1.165) is 11.3 Å². The van der Waals surface area contributed by atoms with Gasteiger partial charge in [0.05, 0.1) is 0 Å². The van der Waals surface area contributed by atoms with Gasteiger partial charge in [-0.3, -0.25) is 0 Å². The van der Waals surface area contributed by atoms with Crippen molar-refractivity contribution in [2.45, 2.75) is 6.92 Å². The Morgan fingerprint density at radius 3 is 2.71 bits per heavy atom. The quantitative estimate of drug-likeness (QED) is 0.659. The van der Waals surface area contributed by atoms with E-state index < -0.39 is 5.97 Å². The minimum absolute atomic E-state index is 0.108. The number of ether oxygens (including phenoxy) is 2. The average molecular weight is 351 g/mol. The number of halogens is 1. The molecule has 0 amide bonds. The first-order valence-corrected chi connectivity index (χ1v) is 7.21. The summed E-state index contributed by atoms with van der Waals surface area (Å²) >= 11 is 3.24. The zero-order chi connectivity index (χ0) is 15.2. The fourth-order valence-corrected chi connectivity index (χ4v) is 2.11. The van der Waals surface area contributed by atoms with Gasteiger partial charge in [-0.2, -0.15) is 0 Å². The topological polar surface area (TPSA) is 55.8 Å². The number of para-hydroxylation sites is 1. The summed E-state index contributed by atoms with van der Waals surface area (Å²) in [5.41, 5.74) is 1.15. The zero-order valence-electron chi connectivity index (χ0n) is 11.5. The Morgan fingerprint density at radius 2 is 1.95 bits per heavy atom. The first kappa shape index (κ1) is 15.4. The van der Waals surface area contributed by atoms with Crippen molar-refractivity contribution < 1.29 is 19.4 Å². The lowest BCUT2D eigenvalue weighted by Crippen LogP contribution is -2.12.